The van der Waals surface area contributed by atoms with Gasteiger partial charge in [-0.3, -0.25) is 0 Å². The third-order valence-corrected chi connectivity index (χ3v) is 5.99. The zero-order valence-corrected chi connectivity index (χ0v) is 14.4. The number of hydrogen-bond acceptors (Lipinski definition) is 4. The van der Waals surface area contributed by atoms with Crippen LogP contribution in [0.15, 0.2) is 26.4 Å². The Bertz CT molecular complexity index is 569. The van der Waals surface area contributed by atoms with Gasteiger partial charge in [-0.15, -0.1) is 23.7 Å². The van der Waals surface area contributed by atoms with Crippen molar-refractivity contribution in [3.63, 3.8) is 0 Å². The van der Waals surface area contributed by atoms with Crippen LogP contribution < -0.4 is 10.0 Å². The maximum absolute atomic E-state index is 12.1. The molecule has 0 saturated heterocycles. The summed E-state index contributed by atoms with van der Waals surface area (Å²) in [7, 11) is -3.40. The molecule has 2 N–H and O–H groups in total. The summed E-state index contributed by atoms with van der Waals surface area (Å²) in [6.07, 6.45) is 2.94. The van der Waals surface area contributed by atoms with Crippen molar-refractivity contribution >= 4 is 49.7 Å². The van der Waals surface area contributed by atoms with E-state index in [1.54, 1.807) is 6.07 Å². The summed E-state index contributed by atoms with van der Waals surface area (Å²) in [5.74, 6) is 0. The normalized spacial score (nSPS) is 15.8. The van der Waals surface area contributed by atoms with Crippen LogP contribution in [-0.4, -0.2) is 28.1 Å². The fourth-order valence-electron chi connectivity index (χ4n) is 1.79. The molecule has 0 fully saturated rings. The minimum absolute atomic E-state index is 0. The third kappa shape index (κ3) is 4.54. The van der Waals surface area contributed by atoms with E-state index in [4.69, 9.17) is 0 Å². The van der Waals surface area contributed by atoms with E-state index < -0.39 is 10.0 Å². The molecule has 0 atom stereocenters. The average Bonchev–Trinajstić information content (AvgIpc) is 2.68. The molecule has 2 heterocycles. The van der Waals surface area contributed by atoms with Crippen LogP contribution in [-0.2, 0) is 10.0 Å². The van der Waals surface area contributed by atoms with Gasteiger partial charge < -0.3 is 5.32 Å². The first kappa shape index (κ1) is 17.1. The second kappa shape index (κ2) is 7.19. The van der Waals surface area contributed by atoms with Gasteiger partial charge in [-0.1, -0.05) is 11.6 Å². The van der Waals surface area contributed by atoms with Crippen molar-refractivity contribution in [1.29, 1.82) is 0 Å². The van der Waals surface area contributed by atoms with Crippen molar-refractivity contribution in [2.24, 2.45) is 0 Å². The monoisotopic (exact) mass is 386 g/mol. The Morgan fingerprint density at radius 2 is 2.26 bits per heavy atom. The molecule has 0 aliphatic carbocycles. The summed E-state index contributed by atoms with van der Waals surface area (Å²) in [6, 6.07) is 1.65. The number of nitrogens with one attached hydrogen (secondary N) is 2. The zero-order valence-electron chi connectivity index (χ0n) is 10.4. The molecule has 1 aromatic rings. The van der Waals surface area contributed by atoms with Gasteiger partial charge in [0.05, 0.1) is 8.68 Å². The molecular formula is C11H16BrClN2O2S2. The number of halogens is 2. The SMILES string of the molecule is Cc1sc(Br)cc1S(=O)(=O)NCC1=CCNCC1.Cl. The minimum Gasteiger partial charge on any atom is -0.313 e. The van der Waals surface area contributed by atoms with E-state index in [2.05, 4.69) is 26.0 Å². The molecule has 108 valence electrons. The van der Waals surface area contributed by atoms with Gasteiger partial charge in [-0.05, 0) is 41.9 Å². The number of thiophene rings is 1. The first-order valence-corrected chi connectivity index (χ1v) is 8.72. The van der Waals surface area contributed by atoms with Gasteiger partial charge in [0.2, 0.25) is 10.0 Å². The number of rotatable bonds is 4. The lowest BCUT2D eigenvalue weighted by Gasteiger charge is -2.14. The quantitative estimate of drug-likeness (QED) is 0.780. The number of aryl methyl sites for hydroxylation is 1. The highest BCUT2D eigenvalue weighted by Crippen LogP contribution is 2.29. The van der Waals surface area contributed by atoms with Crippen LogP contribution in [0.1, 0.15) is 11.3 Å². The Kier molecular flexibility index (Phi) is 6.49. The summed E-state index contributed by atoms with van der Waals surface area (Å²) < 4.78 is 27.8. The van der Waals surface area contributed by atoms with Crippen LogP contribution >= 0.6 is 39.7 Å². The van der Waals surface area contributed by atoms with Crippen LogP contribution in [0.5, 0.6) is 0 Å². The highest BCUT2D eigenvalue weighted by molar-refractivity contribution is 9.11. The van der Waals surface area contributed by atoms with Gasteiger partial charge in [-0.25, -0.2) is 13.1 Å². The lowest BCUT2D eigenvalue weighted by molar-refractivity contribution is 0.582. The van der Waals surface area contributed by atoms with Gasteiger partial charge in [0, 0.05) is 18.0 Å². The minimum atomic E-state index is -3.40. The molecule has 0 bridgehead atoms. The van der Waals surface area contributed by atoms with Crippen molar-refractivity contribution in [1.82, 2.24) is 10.0 Å². The molecule has 2 rings (SSSR count). The Morgan fingerprint density at radius 3 is 2.79 bits per heavy atom. The number of sulfonamides is 1. The molecular weight excluding hydrogens is 372 g/mol. The van der Waals surface area contributed by atoms with E-state index in [0.29, 0.717) is 11.4 Å². The molecule has 0 amide bonds. The van der Waals surface area contributed by atoms with Gasteiger partial charge in [0.15, 0.2) is 0 Å². The predicted molar refractivity (Wildman–Crippen MR) is 84.8 cm³/mol. The van der Waals surface area contributed by atoms with Crippen molar-refractivity contribution < 1.29 is 8.42 Å². The van der Waals surface area contributed by atoms with E-state index >= 15 is 0 Å². The molecule has 0 radical (unpaired) electrons. The lowest BCUT2D eigenvalue weighted by Crippen LogP contribution is -2.29. The van der Waals surface area contributed by atoms with E-state index in [1.165, 1.54) is 11.3 Å². The Balaban J connectivity index is 0.00000180. The van der Waals surface area contributed by atoms with Crippen LogP contribution in [0, 0.1) is 6.92 Å². The summed E-state index contributed by atoms with van der Waals surface area (Å²) >= 11 is 4.74. The highest BCUT2D eigenvalue weighted by Gasteiger charge is 2.19. The van der Waals surface area contributed by atoms with Crippen LogP contribution in [0.3, 0.4) is 0 Å². The van der Waals surface area contributed by atoms with E-state index in [1.807, 2.05) is 13.0 Å². The van der Waals surface area contributed by atoms with Gasteiger partial charge >= 0.3 is 0 Å². The molecule has 8 heteroatoms. The highest BCUT2D eigenvalue weighted by atomic mass is 79.9. The second-order valence-corrected chi connectivity index (χ2v) is 8.48. The molecule has 4 nitrogen and oxygen atoms in total. The van der Waals surface area contributed by atoms with Gasteiger partial charge in [0.1, 0.15) is 0 Å². The van der Waals surface area contributed by atoms with Crippen molar-refractivity contribution in [3.8, 4) is 0 Å². The maximum atomic E-state index is 12.1. The van der Waals surface area contributed by atoms with Crippen LogP contribution in [0.4, 0.5) is 0 Å². The molecule has 0 unspecified atom stereocenters. The van der Waals surface area contributed by atoms with Crippen molar-refractivity contribution in [2.75, 3.05) is 19.6 Å². The maximum Gasteiger partial charge on any atom is 0.241 e. The van der Waals surface area contributed by atoms with E-state index in [9.17, 15) is 8.42 Å². The van der Waals surface area contributed by atoms with Crippen LogP contribution in [0.25, 0.3) is 0 Å². The number of hydrogen-bond donors (Lipinski definition) is 2. The Morgan fingerprint density at radius 1 is 1.53 bits per heavy atom. The molecule has 0 spiro atoms. The Labute approximate surface area is 132 Å². The summed E-state index contributed by atoms with van der Waals surface area (Å²) in [6.45, 7) is 3.95. The molecule has 1 aromatic heterocycles. The first-order valence-electron chi connectivity index (χ1n) is 5.63. The predicted octanol–water partition coefficient (Wildman–Crippen LogP) is 2.44. The van der Waals surface area contributed by atoms with Crippen molar-refractivity contribution in [3.05, 3.63) is 26.4 Å². The summed E-state index contributed by atoms with van der Waals surface area (Å²) in [5.41, 5.74) is 1.14. The molecule has 19 heavy (non-hydrogen) atoms. The Hall–Kier alpha value is 0.0800. The molecule has 0 aromatic carbocycles. The summed E-state index contributed by atoms with van der Waals surface area (Å²) in [4.78, 5) is 1.17. The first-order chi connectivity index (χ1) is 8.49. The smallest absolute Gasteiger partial charge is 0.241 e. The third-order valence-electron chi connectivity index (χ3n) is 2.78. The fraction of sp³-hybridized carbons (Fsp3) is 0.455. The standard InChI is InChI=1S/C11H15BrN2O2S2.ClH/c1-8-10(6-11(12)17-8)18(15,16)14-7-9-2-4-13-5-3-9;/h2,6,13-14H,3-5,7H2,1H3;1H. The van der Waals surface area contributed by atoms with Crippen LogP contribution in [0.2, 0.25) is 0 Å². The zero-order chi connectivity index (χ0) is 13.2. The topological polar surface area (TPSA) is 58.2 Å². The van der Waals surface area contributed by atoms with E-state index in [0.717, 1.165) is 33.7 Å². The summed E-state index contributed by atoms with van der Waals surface area (Å²) in [5, 5.41) is 3.20. The van der Waals surface area contributed by atoms with Gasteiger partial charge in [0.25, 0.3) is 0 Å². The van der Waals surface area contributed by atoms with Crippen molar-refractivity contribution in [2.45, 2.75) is 18.2 Å². The molecule has 1 aliphatic heterocycles. The average molecular weight is 388 g/mol. The molecule has 0 saturated carbocycles. The lowest BCUT2D eigenvalue weighted by atomic mass is 10.1. The second-order valence-electron chi connectivity index (χ2n) is 4.11. The fourth-order valence-corrected chi connectivity index (χ4v) is 5.24. The van der Waals surface area contributed by atoms with E-state index in [-0.39, 0.29) is 12.4 Å². The largest absolute Gasteiger partial charge is 0.313 e. The molecule has 1 aliphatic rings. The van der Waals surface area contributed by atoms with Gasteiger partial charge in [-0.2, -0.15) is 0 Å².